The molecule has 27 heavy (non-hydrogen) atoms. The van der Waals surface area contributed by atoms with E-state index in [1.807, 2.05) is 29.3 Å². The van der Waals surface area contributed by atoms with E-state index < -0.39 is 5.92 Å². The van der Waals surface area contributed by atoms with Crippen LogP contribution in [-0.4, -0.2) is 29.0 Å². The molecule has 0 atom stereocenters. The number of anilines is 3. The molecular formula is C19H16Cl2F2N4. The number of hydrogen-bond acceptors (Lipinski definition) is 3. The van der Waals surface area contributed by atoms with E-state index in [-0.39, 0.29) is 18.3 Å². The summed E-state index contributed by atoms with van der Waals surface area (Å²) in [6.45, 7) is 1.17. The number of halogens is 4. The summed E-state index contributed by atoms with van der Waals surface area (Å²) in [5.74, 6) is -1.86. The van der Waals surface area contributed by atoms with Crippen LogP contribution in [0.25, 0.3) is 10.9 Å². The van der Waals surface area contributed by atoms with Gasteiger partial charge in [-0.1, -0.05) is 23.2 Å². The van der Waals surface area contributed by atoms with Gasteiger partial charge < -0.3 is 15.2 Å². The number of hydrogen-bond donors (Lipinski definition) is 2. The largest absolute Gasteiger partial charge is 0.359 e. The number of nitrogens with zero attached hydrogens (tertiary/aromatic N) is 2. The predicted octanol–water partition coefficient (Wildman–Crippen LogP) is 5.85. The Morgan fingerprint density at radius 1 is 1.15 bits per heavy atom. The SMILES string of the molecule is FC1(F)CC2(CN(c3ncc(Nc4c[nH]c5ccc(Cl)cc45)cc3Cl)C2)C1. The van der Waals surface area contributed by atoms with Crippen molar-refractivity contribution in [3.8, 4) is 0 Å². The maximum absolute atomic E-state index is 13.2. The summed E-state index contributed by atoms with van der Waals surface area (Å²) in [6.07, 6.45) is 3.50. The molecule has 8 heteroatoms. The van der Waals surface area contributed by atoms with Gasteiger partial charge in [-0.05, 0) is 24.3 Å². The molecule has 1 aliphatic heterocycles. The number of fused-ring (bicyclic) bond motifs is 1. The molecule has 2 aromatic heterocycles. The van der Waals surface area contributed by atoms with Crippen LogP contribution in [0.15, 0.2) is 36.7 Å². The van der Waals surface area contributed by atoms with Gasteiger partial charge in [0.15, 0.2) is 0 Å². The fourth-order valence-corrected chi connectivity index (χ4v) is 4.72. The fourth-order valence-electron chi connectivity index (χ4n) is 4.27. The van der Waals surface area contributed by atoms with Gasteiger partial charge in [0, 0.05) is 53.5 Å². The Balaban J connectivity index is 1.32. The van der Waals surface area contributed by atoms with Crippen LogP contribution >= 0.6 is 23.2 Å². The third kappa shape index (κ3) is 2.91. The number of benzene rings is 1. The second kappa shape index (κ2) is 5.72. The molecular weight excluding hydrogens is 393 g/mol. The first-order chi connectivity index (χ1) is 12.8. The number of aromatic amines is 1. The molecule has 1 aromatic carbocycles. The van der Waals surface area contributed by atoms with Crippen molar-refractivity contribution in [1.29, 1.82) is 0 Å². The normalized spacial score (nSPS) is 19.8. The van der Waals surface area contributed by atoms with E-state index in [4.69, 9.17) is 23.2 Å². The predicted molar refractivity (Wildman–Crippen MR) is 105 cm³/mol. The van der Waals surface area contributed by atoms with Crippen molar-refractivity contribution >= 4 is 51.3 Å². The number of alkyl halides is 2. The standard InChI is InChI=1S/C19H16Cl2F2N4/c20-11-1-2-15-13(3-11)16(6-24-15)26-12-4-14(21)17(25-5-12)27-9-18(10-27)7-19(22,23)8-18/h1-6,24,26H,7-10H2. The van der Waals surface area contributed by atoms with E-state index in [9.17, 15) is 8.78 Å². The van der Waals surface area contributed by atoms with Crippen molar-refractivity contribution in [3.63, 3.8) is 0 Å². The van der Waals surface area contributed by atoms with Gasteiger partial charge in [0.25, 0.3) is 0 Å². The second-order valence-corrected chi connectivity index (χ2v) is 8.46. The first kappa shape index (κ1) is 17.1. The Hall–Kier alpha value is -2.05. The summed E-state index contributed by atoms with van der Waals surface area (Å²) in [5.41, 5.74) is 2.34. The summed E-state index contributed by atoms with van der Waals surface area (Å²) in [7, 11) is 0. The zero-order valence-corrected chi connectivity index (χ0v) is 15.7. The molecule has 1 spiro atoms. The third-order valence-electron chi connectivity index (χ3n) is 5.36. The molecule has 1 saturated carbocycles. The van der Waals surface area contributed by atoms with Crippen molar-refractivity contribution in [2.75, 3.05) is 23.3 Å². The minimum atomic E-state index is -2.50. The quantitative estimate of drug-likeness (QED) is 0.571. The highest BCUT2D eigenvalue weighted by atomic mass is 35.5. The van der Waals surface area contributed by atoms with Crippen LogP contribution in [0, 0.1) is 5.41 Å². The molecule has 5 rings (SSSR count). The summed E-state index contributed by atoms with van der Waals surface area (Å²) in [4.78, 5) is 9.59. The van der Waals surface area contributed by atoms with Gasteiger partial charge in [-0.25, -0.2) is 13.8 Å². The van der Waals surface area contributed by atoms with Crippen LogP contribution in [0.5, 0.6) is 0 Å². The highest BCUT2D eigenvalue weighted by Gasteiger charge is 2.62. The van der Waals surface area contributed by atoms with Gasteiger partial charge in [0.05, 0.1) is 22.6 Å². The number of nitrogens with one attached hydrogen (secondary N) is 2. The molecule has 4 nitrogen and oxygen atoms in total. The van der Waals surface area contributed by atoms with Crippen molar-refractivity contribution in [3.05, 3.63) is 46.7 Å². The minimum Gasteiger partial charge on any atom is -0.359 e. The van der Waals surface area contributed by atoms with Gasteiger partial charge in [0.2, 0.25) is 5.92 Å². The van der Waals surface area contributed by atoms with Crippen LogP contribution < -0.4 is 10.2 Å². The number of aromatic nitrogens is 2. The average molecular weight is 409 g/mol. The van der Waals surface area contributed by atoms with Crippen LogP contribution in [-0.2, 0) is 0 Å². The second-order valence-electron chi connectivity index (χ2n) is 7.61. The number of rotatable bonds is 3. The van der Waals surface area contributed by atoms with E-state index in [1.165, 1.54) is 0 Å². The Morgan fingerprint density at radius 2 is 1.93 bits per heavy atom. The van der Waals surface area contributed by atoms with Crippen LogP contribution in [0.3, 0.4) is 0 Å². The summed E-state index contributed by atoms with van der Waals surface area (Å²) in [5, 5.41) is 5.42. The summed E-state index contributed by atoms with van der Waals surface area (Å²) >= 11 is 12.5. The minimum absolute atomic E-state index is 0.0309. The Morgan fingerprint density at radius 3 is 2.63 bits per heavy atom. The highest BCUT2D eigenvalue weighted by Crippen LogP contribution is 2.57. The molecule has 0 amide bonds. The molecule has 1 aliphatic carbocycles. The van der Waals surface area contributed by atoms with Crippen LogP contribution in [0.4, 0.5) is 26.0 Å². The summed E-state index contributed by atoms with van der Waals surface area (Å²) in [6, 6.07) is 7.43. The lowest BCUT2D eigenvalue weighted by atomic mass is 9.61. The zero-order chi connectivity index (χ0) is 18.8. The highest BCUT2D eigenvalue weighted by molar-refractivity contribution is 6.33. The Labute approximate surface area is 164 Å². The van der Waals surface area contributed by atoms with Gasteiger partial charge >= 0.3 is 0 Å². The van der Waals surface area contributed by atoms with Crippen LogP contribution in [0.2, 0.25) is 10.0 Å². The van der Waals surface area contributed by atoms with E-state index in [2.05, 4.69) is 15.3 Å². The maximum Gasteiger partial charge on any atom is 0.249 e. The molecule has 140 valence electrons. The van der Waals surface area contributed by atoms with Gasteiger partial charge in [-0.15, -0.1) is 0 Å². The lowest BCUT2D eigenvalue weighted by Gasteiger charge is -2.59. The Kier molecular flexibility index (Phi) is 3.62. The molecule has 0 unspecified atom stereocenters. The van der Waals surface area contributed by atoms with E-state index in [0.29, 0.717) is 29.0 Å². The molecule has 1 saturated heterocycles. The Bertz CT molecular complexity index is 1030. The van der Waals surface area contributed by atoms with E-state index >= 15 is 0 Å². The smallest absolute Gasteiger partial charge is 0.249 e. The maximum atomic E-state index is 13.2. The van der Waals surface area contributed by atoms with E-state index in [0.717, 1.165) is 22.3 Å². The topological polar surface area (TPSA) is 44.0 Å². The molecule has 3 aromatic rings. The molecule has 0 bridgehead atoms. The molecule has 3 heterocycles. The van der Waals surface area contributed by atoms with Gasteiger partial charge in [0.1, 0.15) is 5.82 Å². The third-order valence-corrected chi connectivity index (χ3v) is 5.88. The monoisotopic (exact) mass is 408 g/mol. The summed E-state index contributed by atoms with van der Waals surface area (Å²) < 4.78 is 26.3. The first-order valence-electron chi connectivity index (χ1n) is 8.65. The van der Waals surface area contributed by atoms with Crippen molar-refractivity contribution in [2.45, 2.75) is 18.8 Å². The lowest BCUT2D eigenvalue weighted by molar-refractivity contribution is -0.170. The molecule has 2 fully saturated rings. The van der Waals surface area contributed by atoms with Crippen LogP contribution in [0.1, 0.15) is 12.8 Å². The van der Waals surface area contributed by atoms with Gasteiger partial charge in [-0.3, -0.25) is 0 Å². The average Bonchev–Trinajstić information content (AvgIpc) is 2.93. The van der Waals surface area contributed by atoms with Gasteiger partial charge in [-0.2, -0.15) is 0 Å². The first-order valence-corrected chi connectivity index (χ1v) is 9.40. The van der Waals surface area contributed by atoms with Crippen molar-refractivity contribution in [1.82, 2.24) is 9.97 Å². The van der Waals surface area contributed by atoms with Crippen molar-refractivity contribution < 1.29 is 8.78 Å². The van der Waals surface area contributed by atoms with E-state index in [1.54, 1.807) is 12.3 Å². The molecule has 2 aliphatic rings. The molecule has 0 radical (unpaired) electrons. The molecule has 2 N–H and O–H groups in total. The fraction of sp³-hybridized carbons (Fsp3) is 0.316. The number of pyridine rings is 1. The van der Waals surface area contributed by atoms with Crippen molar-refractivity contribution in [2.24, 2.45) is 5.41 Å². The zero-order valence-electron chi connectivity index (χ0n) is 14.2. The lowest BCUT2D eigenvalue weighted by Crippen LogP contribution is -2.66. The number of H-pyrrole nitrogens is 1.